The van der Waals surface area contributed by atoms with Gasteiger partial charge in [0.05, 0.1) is 11.3 Å². The van der Waals surface area contributed by atoms with Gasteiger partial charge in [0, 0.05) is 10.6 Å². The number of H-pyrrole nitrogens is 1. The quantitative estimate of drug-likeness (QED) is 0.774. The van der Waals surface area contributed by atoms with Crippen molar-refractivity contribution in [2.24, 2.45) is 0 Å². The average molecular weight is 318 g/mol. The molecule has 22 heavy (non-hydrogen) atoms. The summed E-state index contributed by atoms with van der Waals surface area (Å²) in [5.74, 6) is 1.38. The van der Waals surface area contributed by atoms with Crippen LogP contribution in [0.4, 0.5) is 5.69 Å². The number of nitrogens with one attached hydrogen (secondary N) is 2. The van der Waals surface area contributed by atoms with Crippen molar-refractivity contribution in [3.63, 3.8) is 0 Å². The Balaban J connectivity index is 1.96. The molecule has 0 spiro atoms. The van der Waals surface area contributed by atoms with E-state index >= 15 is 0 Å². The molecule has 112 valence electrons. The van der Waals surface area contributed by atoms with Gasteiger partial charge in [-0.1, -0.05) is 11.6 Å². The number of hydrogen-bond donors (Lipinski definition) is 2. The number of aryl methyl sites for hydroxylation is 2. The Morgan fingerprint density at radius 2 is 2.14 bits per heavy atom. The van der Waals surface area contributed by atoms with Crippen LogP contribution in [0.2, 0.25) is 5.02 Å². The molecule has 7 nitrogen and oxygen atoms in total. The largest absolute Gasteiger partial charge is 0.466 e. The molecule has 3 rings (SSSR count). The van der Waals surface area contributed by atoms with Crippen LogP contribution in [0.15, 0.2) is 28.7 Å². The average Bonchev–Trinajstić information content (AvgIpc) is 3.08. The van der Waals surface area contributed by atoms with E-state index in [9.17, 15) is 4.79 Å². The zero-order valence-electron chi connectivity index (χ0n) is 11.8. The summed E-state index contributed by atoms with van der Waals surface area (Å²) in [5.41, 5.74) is 1.62. The molecule has 0 fully saturated rings. The lowest BCUT2D eigenvalue weighted by Gasteiger charge is -2.09. The highest BCUT2D eigenvalue weighted by Gasteiger charge is 2.17. The van der Waals surface area contributed by atoms with E-state index in [4.69, 9.17) is 16.0 Å². The Hall–Kier alpha value is -2.67. The third-order valence-corrected chi connectivity index (χ3v) is 3.35. The van der Waals surface area contributed by atoms with E-state index in [0.29, 0.717) is 39.2 Å². The Morgan fingerprint density at radius 1 is 1.32 bits per heavy atom. The van der Waals surface area contributed by atoms with Crippen molar-refractivity contribution in [2.45, 2.75) is 13.8 Å². The molecule has 2 N–H and O–H groups in total. The van der Waals surface area contributed by atoms with Gasteiger partial charge in [-0.15, -0.1) is 5.10 Å². The maximum absolute atomic E-state index is 12.4. The highest BCUT2D eigenvalue weighted by molar-refractivity contribution is 6.31. The molecule has 3 aromatic rings. The fourth-order valence-corrected chi connectivity index (χ4v) is 2.32. The van der Waals surface area contributed by atoms with Crippen LogP contribution in [0, 0.1) is 13.8 Å². The van der Waals surface area contributed by atoms with E-state index in [0.717, 1.165) is 0 Å². The molecule has 0 unspecified atom stereocenters. The van der Waals surface area contributed by atoms with Gasteiger partial charge in [0.1, 0.15) is 11.5 Å². The number of benzene rings is 1. The van der Waals surface area contributed by atoms with Crippen molar-refractivity contribution < 1.29 is 9.21 Å². The predicted octanol–water partition coefficient (Wildman–Crippen LogP) is 2.98. The summed E-state index contributed by atoms with van der Waals surface area (Å²) in [5, 5.41) is 16.9. The smallest absolute Gasteiger partial charge is 0.259 e. The van der Waals surface area contributed by atoms with Crippen molar-refractivity contribution in [2.75, 3.05) is 5.32 Å². The lowest BCUT2D eigenvalue weighted by atomic mass is 10.1. The van der Waals surface area contributed by atoms with Gasteiger partial charge in [-0.25, -0.2) is 5.10 Å². The zero-order chi connectivity index (χ0) is 15.7. The summed E-state index contributed by atoms with van der Waals surface area (Å²) in [6, 6.07) is 6.75. The molecule has 0 radical (unpaired) electrons. The van der Waals surface area contributed by atoms with E-state index in [1.807, 2.05) is 0 Å². The van der Waals surface area contributed by atoms with E-state index in [-0.39, 0.29) is 5.91 Å². The standard InChI is InChI=1S/C14H12ClN5O2/c1-7-5-11(8(2)22-7)14(21)16-12-6-9(15)3-4-10(12)13-17-19-20-18-13/h3-6H,1-2H3,(H,16,21)(H,17,18,19,20). The summed E-state index contributed by atoms with van der Waals surface area (Å²) in [6.07, 6.45) is 0. The molecule has 0 bridgehead atoms. The summed E-state index contributed by atoms with van der Waals surface area (Å²) in [7, 11) is 0. The van der Waals surface area contributed by atoms with Gasteiger partial charge in [0.25, 0.3) is 5.91 Å². The first-order chi connectivity index (χ1) is 10.5. The number of tetrazole rings is 1. The predicted molar refractivity (Wildman–Crippen MR) is 80.8 cm³/mol. The molecule has 1 aromatic carbocycles. The highest BCUT2D eigenvalue weighted by atomic mass is 35.5. The van der Waals surface area contributed by atoms with Crippen molar-refractivity contribution >= 4 is 23.2 Å². The van der Waals surface area contributed by atoms with E-state index in [2.05, 4.69) is 25.9 Å². The number of rotatable bonds is 3. The molecule has 8 heteroatoms. The molecule has 0 saturated carbocycles. The van der Waals surface area contributed by atoms with Crippen LogP contribution in [-0.2, 0) is 0 Å². The summed E-state index contributed by atoms with van der Waals surface area (Å²) < 4.78 is 5.37. The molecule has 0 aliphatic carbocycles. The number of aromatic amines is 1. The number of carbonyl (C=O) groups excluding carboxylic acids is 1. The first-order valence-electron chi connectivity index (χ1n) is 6.46. The SMILES string of the molecule is Cc1cc(C(=O)Nc2cc(Cl)ccc2-c2nnn[nH]2)c(C)o1. The topological polar surface area (TPSA) is 96.7 Å². The summed E-state index contributed by atoms with van der Waals surface area (Å²) >= 11 is 6.01. The number of carbonyl (C=O) groups is 1. The maximum atomic E-state index is 12.4. The molecule has 1 amide bonds. The minimum absolute atomic E-state index is 0.287. The second-order valence-electron chi connectivity index (χ2n) is 4.72. The molecule has 0 aliphatic rings. The lowest BCUT2D eigenvalue weighted by Crippen LogP contribution is -2.13. The van der Waals surface area contributed by atoms with E-state index < -0.39 is 0 Å². The minimum Gasteiger partial charge on any atom is -0.466 e. The van der Waals surface area contributed by atoms with E-state index in [1.165, 1.54) is 0 Å². The first-order valence-corrected chi connectivity index (χ1v) is 6.84. The molecular formula is C14H12ClN5O2. The Morgan fingerprint density at radius 3 is 2.77 bits per heavy atom. The van der Waals surface area contributed by atoms with Crippen molar-refractivity contribution in [1.29, 1.82) is 0 Å². The normalized spacial score (nSPS) is 10.7. The molecule has 0 aliphatic heterocycles. The number of aromatic nitrogens is 4. The van der Waals surface area contributed by atoms with Gasteiger partial charge in [-0.2, -0.15) is 0 Å². The minimum atomic E-state index is -0.287. The number of nitrogens with zero attached hydrogens (tertiary/aromatic N) is 3. The fraction of sp³-hybridized carbons (Fsp3) is 0.143. The van der Waals surface area contributed by atoms with Crippen LogP contribution in [0.3, 0.4) is 0 Å². The third-order valence-electron chi connectivity index (χ3n) is 3.12. The Kier molecular flexibility index (Phi) is 3.64. The number of anilines is 1. The van der Waals surface area contributed by atoms with Gasteiger partial charge in [-0.3, -0.25) is 4.79 Å². The van der Waals surface area contributed by atoms with Gasteiger partial charge < -0.3 is 9.73 Å². The molecule has 0 atom stereocenters. The van der Waals surface area contributed by atoms with Crippen LogP contribution >= 0.6 is 11.6 Å². The first kappa shape index (κ1) is 14.3. The van der Waals surface area contributed by atoms with Crippen LogP contribution in [-0.4, -0.2) is 26.5 Å². The Labute approximate surface area is 130 Å². The second-order valence-corrected chi connectivity index (χ2v) is 5.16. The summed E-state index contributed by atoms with van der Waals surface area (Å²) in [6.45, 7) is 3.52. The Bertz CT molecular complexity index is 826. The number of hydrogen-bond acceptors (Lipinski definition) is 5. The summed E-state index contributed by atoms with van der Waals surface area (Å²) in [4.78, 5) is 12.4. The van der Waals surface area contributed by atoms with Crippen molar-refractivity contribution in [3.05, 3.63) is 46.4 Å². The molecule has 2 aromatic heterocycles. The number of furan rings is 1. The van der Waals surface area contributed by atoms with Gasteiger partial charge in [0.2, 0.25) is 0 Å². The molecular weight excluding hydrogens is 306 g/mol. The van der Waals surface area contributed by atoms with Gasteiger partial charge in [-0.05, 0) is 48.5 Å². The van der Waals surface area contributed by atoms with Crippen molar-refractivity contribution in [3.8, 4) is 11.4 Å². The van der Waals surface area contributed by atoms with Gasteiger partial charge in [0.15, 0.2) is 5.82 Å². The van der Waals surface area contributed by atoms with Crippen LogP contribution < -0.4 is 5.32 Å². The van der Waals surface area contributed by atoms with Crippen LogP contribution in [0.5, 0.6) is 0 Å². The highest BCUT2D eigenvalue weighted by Crippen LogP contribution is 2.28. The van der Waals surface area contributed by atoms with Crippen LogP contribution in [0.1, 0.15) is 21.9 Å². The lowest BCUT2D eigenvalue weighted by molar-refractivity contribution is 0.102. The second kappa shape index (κ2) is 5.61. The fourth-order valence-electron chi connectivity index (χ4n) is 2.15. The van der Waals surface area contributed by atoms with E-state index in [1.54, 1.807) is 38.1 Å². The molecule has 0 saturated heterocycles. The monoisotopic (exact) mass is 317 g/mol. The maximum Gasteiger partial charge on any atom is 0.259 e. The van der Waals surface area contributed by atoms with Crippen LogP contribution in [0.25, 0.3) is 11.4 Å². The number of halogens is 1. The van der Waals surface area contributed by atoms with Gasteiger partial charge >= 0.3 is 0 Å². The third kappa shape index (κ3) is 2.71. The number of amides is 1. The zero-order valence-corrected chi connectivity index (χ0v) is 12.6. The molecule has 2 heterocycles. The van der Waals surface area contributed by atoms with Crippen molar-refractivity contribution in [1.82, 2.24) is 20.6 Å².